The van der Waals surface area contributed by atoms with E-state index in [9.17, 15) is 4.39 Å². The van der Waals surface area contributed by atoms with Gasteiger partial charge >= 0.3 is 0 Å². The molecular weight excluding hydrogens is 431 g/mol. The van der Waals surface area contributed by atoms with E-state index in [2.05, 4.69) is 25.8 Å². The van der Waals surface area contributed by atoms with Gasteiger partial charge in [-0.1, -0.05) is 17.7 Å². The molecule has 2 unspecified atom stereocenters. The number of pyridine rings is 1. The van der Waals surface area contributed by atoms with Gasteiger partial charge in [-0.3, -0.25) is 4.98 Å². The fourth-order valence-electron chi connectivity index (χ4n) is 4.01. The van der Waals surface area contributed by atoms with Crippen LogP contribution in [-0.4, -0.2) is 14.7 Å². The van der Waals surface area contributed by atoms with E-state index in [0.717, 1.165) is 22.8 Å². The molecular formula is C24H18ClFN4S. The first-order valence-corrected chi connectivity index (χ1v) is 10.6. The molecule has 5 rings (SSSR count). The van der Waals surface area contributed by atoms with Crippen LogP contribution in [0.5, 0.6) is 0 Å². The van der Waals surface area contributed by atoms with Gasteiger partial charge in [0.05, 0.1) is 11.7 Å². The predicted octanol–water partition coefficient (Wildman–Crippen LogP) is 5.84. The molecule has 0 saturated carbocycles. The molecule has 154 valence electrons. The highest BCUT2D eigenvalue weighted by Gasteiger charge is 2.42. The summed E-state index contributed by atoms with van der Waals surface area (Å²) in [6, 6.07) is 23.6. The highest BCUT2D eigenvalue weighted by molar-refractivity contribution is 7.80. The Morgan fingerprint density at radius 1 is 0.903 bits per heavy atom. The molecule has 2 aromatic carbocycles. The van der Waals surface area contributed by atoms with Gasteiger partial charge in [-0.25, -0.2) is 4.39 Å². The highest BCUT2D eigenvalue weighted by atomic mass is 35.5. The summed E-state index contributed by atoms with van der Waals surface area (Å²) >= 11 is 11.9. The summed E-state index contributed by atoms with van der Waals surface area (Å²) in [5.74, 6) is -0.268. The molecule has 3 heterocycles. The highest BCUT2D eigenvalue weighted by Crippen LogP contribution is 2.42. The second-order valence-electron chi connectivity index (χ2n) is 7.25. The fraction of sp³-hybridized carbons (Fsp3) is 0.0833. The number of aromatic nitrogens is 2. The van der Waals surface area contributed by atoms with Gasteiger partial charge in [0, 0.05) is 34.5 Å². The molecule has 0 aliphatic carbocycles. The largest absolute Gasteiger partial charge is 0.351 e. The molecule has 2 aromatic heterocycles. The van der Waals surface area contributed by atoms with Crippen LogP contribution in [0.3, 0.4) is 0 Å². The van der Waals surface area contributed by atoms with Crippen LogP contribution in [-0.2, 0) is 0 Å². The van der Waals surface area contributed by atoms with E-state index >= 15 is 0 Å². The van der Waals surface area contributed by atoms with Gasteiger partial charge in [0.1, 0.15) is 11.9 Å². The number of halogens is 2. The maximum atomic E-state index is 13.5. The Morgan fingerprint density at radius 3 is 2.35 bits per heavy atom. The van der Waals surface area contributed by atoms with Crippen LogP contribution in [0.1, 0.15) is 23.5 Å². The first-order chi connectivity index (χ1) is 15.1. The number of benzene rings is 2. The monoisotopic (exact) mass is 448 g/mol. The lowest BCUT2D eigenvalue weighted by atomic mass is 10.0. The summed E-state index contributed by atoms with van der Waals surface area (Å²) in [5.41, 5.74) is 3.69. The lowest BCUT2D eigenvalue weighted by molar-refractivity contribution is 0.549. The Labute approximate surface area is 189 Å². The Kier molecular flexibility index (Phi) is 5.18. The Bertz CT molecular complexity index is 1210. The van der Waals surface area contributed by atoms with Crippen molar-refractivity contribution in [3.8, 4) is 5.69 Å². The van der Waals surface area contributed by atoms with Crippen molar-refractivity contribution in [1.82, 2.24) is 14.9 Å². The molecule has 0 radical (unpaired) electrons. The summed E-state index contributed by atoms with van der Waals surface area (Å²) in [4.78, 5) is 6.67. The molecule has 0 amide bonds. The van der Waals surface area contributed by atoms with Crippen LogP contribution in [0.2, 0.25) is 5.02 Å². The van der Waals surface area contributed by atoms with E-state index in [1.807, 2.05) is 54.7 Å². The zero-order valence-corrected chi connectivity index (χ0v) is 17.9. The van der Waals surface area contributed by atoms with Gasteiger partial charge in [-0.15, -0.1) is 0 Å². The maximum absolute atomic E-state index is 13.5. The van der Waals surface area contributed by atoms with Crippen LogP contribution in [0, 0.1) is 5.82 Å². The standard InChI is InChI=1S/C24H18ClFN4S/c25-16-6-10-19(11-7-16)30-23(22(28-24(30)31)20-4-1-2-14-27-20)21-5-3-15-29(21)18-12-8-17(26)9-13-18/h1-15,22-23H,(H,28,31). The zero-order valence-electron chi connectivity index (χ0n) is 16.3. The van der Waals surface area contributed by atoms with Crippen molar-refractivity contribution >= 4 is 34.6 Å². The number of hydrogen-bond donors (Lipinski definition) is 1. The molecule has 2 atom stereocenters. The molecule has 31 heavy (non-hydrogen) atoms. The third-order valence-electron chi connectivity index (χ3n) is 5.39. The molecule has 4 nitrogen and oxygen atoms in total. The number of rotatable bonds is 4. The average molecular weight is 449 g/mol. The summed E-state index contributed by atoms with van der Waals surface area (Å²) in [6.45, 7) is 0. The summed E-state index contributed by atoms with van der Waals surface area (Å²) in [6.07, 6.45) is 3.75. The van der Waals surface area contributed by atoms with Crippen molar-refractivity contribution in [3.05, 3.63) is 113 Å². The number of anilines is 1. The second-order valence-corrected chi connectivity index (χ2v) is 8.08. The molecule has 1 N–H and O–H groups in total. The molecule has 0 spiro atoms. The number of thiocarbonyl (C=S) groups is 1. The third-order valence-corrected chi connectivity index (χ3v) is 5.96. The van der Waals surface area contributed by atoms with Gasteiger partial charge in [-0.05, 0) is 85.0 Å². The summed E-state index contributed by atoms with van der Waals surface area (Å²) in [7, 11) is 0. The maximum Gasteiger partial charge on any atom is 0.174 e. The first kappa shape index (κ1) is 19.7. The molecule has 1 saturated heterocycles. The lowest BCUT2D eigenvalue weighted by Crippen LogP contribution is -2.30. The Balaban J connectivity index is 1.66. The van der Waals surface area contributed by atoms with E-state index in [1.165, 1.54) is 12.1 Å². The van der Waals surface area contributed by atoms with Crippen LogP contribution in [0.25, 0.3) is 5.69 Å². The van der Waals surface area contributed by atoms with Crippen molar-refractivity contribution in [1.29, 1.82) is 0 Å². The van der Waals surface area contributed by atoms with Gasteiger partial charge in [0.25, 0.3) is 0 Å². The van der Waals surface area contributed by atoms with E-state index < -0.39 is 0 Å². The molecule has 4 aromatic rings. The van der Waals surface area contributed by atoms with Gasteiger partial charge in [0.15, 0.2) is 5.11 Å². The van der Waals surface area contributed by atoms with E-state index in [0.29, 0.717) is 10.1 Å². The van der Waals surface area contributed by atoms with Crippen LogP contribution in [0.4, 0.5) is 10.1 Å². The number of nitrogens with zero attached hydrogens (tertiary/aromatic N) is 3. The van der Waals surface area contributed by atoms with Crippen molar-refractivity contribution in [2.75, 3.05) is 4.90 Å². The Hall–Kier alpha value is -3.22. The predicted molar refractivity (Wildman–Crippen MR) is 125 cm³/mol. The lowest BCUT2D eigenvalue weighted by Gasteiger charge is -2.29. The van der Waals surface area contributed by atoms with E-state index in [4.69, 9.17) is 23.8 Å². The third kappa shape index (κ3) is 3.69. The van der Waals surface area contributed by atoms with Crippen molar-refractivity contribution in [3.63, 3.8) is 0 Å². The van der Waals surface area contributed by atoms with Crippen LogP contribution in [0.15, 0.2) is 91.3 Å². The SMILES string of the molecule is Fc1ccc(-n2cccc2C2C(c3ccccn3)NC(=S)N2c2ccc(Cl)cc2)cc1. The average Bonchev–Trinajstić information content (AvgIpc) is 3.40. The topological polar surface area (TPSA) is 33.1 Å². The minimum atomic E-state index is -0.268. The minimum Gasteiger partial charge on any atom is -0.351 e. The van der Waals surface area contributed by atoms with Crippen molar-refractivity contribution < 1.29 is 4.39 Å². The van der Waals surface area contributed by atoms with Crippen LogP contribution >= 0.6 is 23.8 Å². The molecule has 7 heteroatoms. The smallest absolute Gasteiger partial charge is 0.174 e. The normalized spacial score (nSPS) is 18.3. The minimum absolute atomic E-state index is 0.168. The molecule has 1 aliphatic rings. The number of hydrogen-bond acceptors (Lipinski definition) is 2. The van der Waals surface area contributed by atoms with Gasteiger partial charge in [0.2, 0.25) is 0 Å². The van der Waals surface area contributed by atoms with Crippen molar-refractivity contribution in [2.24, 2.45) is 0 Å². The molecule has 1 aliphatic heterocycles. The quantitative estimate of drug-likeness (QED) is 0.397. The summed E-state index contributed by atoms with van der Waals surface area (Å²) in [5, 5.41) is 4.72. The first-order valence-electron chi connectivity index (χ1n) is 9.81. The van der Waals surface area contributed by atoms with E-state index in [1.54, 1.807) is 18.3 Å². The van der Waals surface area contributed by atoms with E-state index in [-0.39, 0.29) is 17.9 Å². The van der Waals surface area contributed by atoms with Crippen LogP contribution < -0.4 is 10.2 Å². The Morgan fingerprint density at radius 2 is 1.65 bits per heavy atom. The summed E-state index contributed by atoms with van der Waals surface area (Å²) < 4.78 is 15.6. The van der Waals surface area contributed by atoms with Crippen molar-refractivity contribution in [2.45, 2.75) is 12.1 Å². The molecule has 0 bridgehead atoms. The second kappa shape index (κ2) is 8.13. The van der Waals surface area contributed by atoms with Gasteiger partial charge in [-0.2, -0.15) is 0 Å². The number of nitrogens with one attached hydrogen (secondary N) is 1. The fourth-order valence-corrected chi connectivity index (χ4v) is 4.48. The zero-order chi connectivity index (χ0) is 21.4. The van der Waals surface area contributed by atoms with Gasteiger partial charge < -0.3 is 14.8 Å². The molecule has 1 fully saturated rings.